The monoisotopic (exact) mass is 442 g/mol. The first kappa shape index (κ1) is 21.6. The molecule has 1 heterocycles. The Labute approximate surface area is 186 Å². The van der Waals surface area contributed by atoms with Crippen molar-refractivity contribution in [2.24, 2.45) is 0 Å². The maximum Gasteiger partial charge on any atom is 0.255 e. The minimum absolute atomic E-state index is 0.114. The van der Waals surface area contributed by atoms with Crippen LogP contribution in [0.2, 0.25) is 5.02 Å². The van der Waals surface area contributed by atoms with E-state index in [1.54, 1.807) is 18.2 Å². The fourth-order valence-electron chi connectivity index (χ4n) is 2.89. The highest BCUT2D eigenvalue weighted by atomic mass is 35.5. The summed E-state index contributed by atoms with van der Waals surface area (Å²) in [6.07, 6.45) is 2.21. The van der Waals surface area contributed by atoms with Gasteiger partial charge in [-0.05, 0) is 72.7 Å². The molecule has 3 nitrogen and oxygen atoms in total. The topological polar surface area (TPSA) is 41.1 Å². The second kappa shape index (κ2) is 10.6. The van der Waals surface area contributed by atoms with Crippen molar-refractivity contribution in [2.45, 2.75) is 22.6 Å². The van der Waals surface area contributed by atoms with E-state index in [1.807, 2.05) is 67.3 Å². The van der Waals surface area contributed by atoms with Gasteiger partial charge in [-0.1, -0.05) is 29.8 Å². The molecule has 0 spiro atoms. The van der Waals surface area contributed by atoms with Gasteiger partial charge in [0.25, 0.3) is 5.91 Å². The van der Waals surface area contributed by atoms with Crippen molar-refractivity contribution in [2.75, 3.05) is 23.4 Å². The molecule has 0 bridgehead atoms. The number of amides is 1. The molecule has 0 aliphatic carbocycles. The Morgan fingerprint density at radius 3 is 2.52 bits per heavy atom. The van der Waals surface area contributed by atoms with Crippen LogP contribution in [0.5, 0.6) is 0 Å². The van der Waals surface area contributed by atoms with Gasteiger partial charge in [0.15, 0.2) is 0 Å². The lowest BCUT2D eigenvalue weighted by Gasteiger charge is -2.16. The van der Waals surface area contributed by atoms with Gasteiger partial charge >= 0.3 is 0 Å². The molecular formula is C23H23ClN2OS2. The molecule has 150 valence electrons. The SMILES string of the molecule is CNc1ccccc1.O=C(Nc1ccc(S)c(Cl)c1)c1ccc2c(c1)CCCS2. The molecule has 0 fully saturated rings. The van der Waals surface area contributed by atoms with Gasteiger partial charge in [-0.15, -0.1) is 24.4 Å². The molecule has 0 saturated heterocycles. The van der Waals surface area contributed by atoms with Crippen LogP contribution in [0.25, 0.3) is 0 Å². The van der Waals surface area contributed by atoms with E-state index in [9.17, 15) is 4.79 Å². The number of anilines is 2. The first-order chi connectivity index (χ1) is 14.1. The fourth-order valence-corrected chi connectivity index (χ4v) is 4.23. The van der Waals surface area contributed by atoms with E-state index in [-0.39, 0.29) is 5.91 Å². The van der Waals surface area contributed by atoms with Crippen molar-refractivity contribution in [3.63, 3.8) is 0 Å². The zero-order valence-electron chi connectivity index (χ0n) is 16.1. The number of carbonyl (C=O) groups is 1. The van der Waals surface area contributed by atoms with E-state index < -0.39 is 0 Å². The number of para-hydroxylation sites is 1. The summed E-state index contributed by atoms with van der Waals surface area (Å²) >= 11 is 12.1. The van der Waals surface area contributed by atoms with Crippen molar-refractivity contribution in [3.8, 4) is 0 Å². The summed E-state index contributed by atoms with van der Waals surface area (Å²) in [4.78, 5) is 14.3. The van der Waals surface area contributed by atoms with Crippen LogP contribution in [0.4, 0.5) is 11.4 Å². The molecule has 3 aromatic carbocycles. The number of carbonyl (C=O) groups excluding carboxylic acids is 1. The average molecular weight is 443 g/mol. The number of rotatable bonds is 3. The van der Waals surface area contributed by atoms with E-state index >= 15 is 0 Å². The molecule has 6 heteroatoms. The lowest BCUT2D eigenvalue weighted by Crippen LogP contribution is -2.13. The Balaban J connectivity index is 0.000000252. The third-order valence-electron chi connectivity index (χ3n) is 4.44. The molecule has 0 atom stereocenters. The first-order valence-electron chi connectivity index (χ1n) is 9.35. The highest BCUT2D eigenvalue weighted by molar-refractivity contribution is 7.99. The normalized spacial score (nSPS) is 12.2. The number of fused-ring (bicyclic) bond motifs is 1. The summed E-state index contributed by atoms with van der Waals surface area (Å²) in [7, 11) is 1.91. The van der Waals surface area contributed by atoms with Gasteiger partial charge in [0.2, 0.25) is 0 Å². The van der Waals surface area contributed by atoms with Crippen LogP contribution in [0.1, 0.15) is 22.3 Å². The summed E-state index contributed by atoms with van der Waals surface area (Å²) in [6, 6.07) is 21.2. The second-order valence-electron chi connectivity index (χ2n) is 6.51. The van der Waals surface area contributed by atoms with Gasteiger partial charge in [-0.2, -0.15) is 0 Å². The second-order valence-corrected chi connectivity index (χ2v) is 8.54. The van der Waals surface area contributed by atoms with Gasteiger partial charge in [-0.25, -0.2) is 0 Å². The number of nitrogens with one attached hydrogen (secondary N) is 2. The highest BCUT2D eigenvalue weighted by Gasteiger charge is 2.13. The van der Waals surface area contributed by atoms with Crippen molar-refractivity contribution < 1.29 is 4.79 Å². The molecule has 2 N–H and O–H groups in total. The summed E-state index contributed by atoms with van der Waals surface area (Å²) in [5.41, 5.74) is 3.78. The third kappa shape index (κ3) is 6.20. The molecule has 1 amide bonds. The van der Waals surface area contributed by atoms with Gasteiger partial charge in [-0.3, -0.25) is 4.79 Å². The molecule has 0 radical (unpaired) electrons. The molecule has 1 aliphatic rings. The van der Waals surface area contributed by atoms with Crippen LogP contribution in [0.15, 0.2) is 76.5 Å². The number of thioether (sulfide) groups is 1. The molecule has 1 aliphatic heterocycles. The molecule has 0 unspecified atom stereocenters. The van der Waals surface area contributed by atoms with Gasteiger partial charge < -0.3 is 10.6 Å². The molecule has 3 aromatic rings. The van der Waals surface area contributed by atoms with Crippen molar-refractivity contribution in [3.05, 3.63) is 82.9 Å². The van der Waals surface area contributed by atoms with E-state index in [0.29, 0.717) is 21.2 Å². The number of halogens is 1. The summed E-state index contributed by atoms with van der Waals surface area (Å²) in [6.45, 7) is 0. The number of thiol groups is 1. The lowest BCUT2D eigenvalue weighted by molar-refractivity contribution is 0.102. The first-order valence-corrected chi connectivity index (χ1v) is 11.2. The van der Waals surface area contributed by atoms with E-state index in [2.05, 4.69) is 23.3 Å². The maximum absolute atomic E-state index is 12.3. The lowest BCUT2D eigenvalue weighted by atomic mass is 10.1. The summed E-state index contributed by atoms with van der Waals surface area (Å²) < 4.78 is 0. The fraction of sp³-hybridized carbons (Fsp3) is 0.174. The van der Waals surface area contributed by atoms with Crippen LogP contribution in [-0.4, -0.2) is 18.7 Å². The van der Waals surface area contributed by atoms with Crippen LogP contribution in [0.3, 0.4) is 0 Å². The summed E-state index contributed by atoms with van der Waals surface area (Å²) in [5.74, 6) is 1.05. The zero-order chi connectivity index (χ0) is 20.6. The van der Waals surface area contributed by atoms with Crippen LogP contribution >= 0.6 is 36.0 Å². The predicted molar refractivity (Wildman–Crippen MR) is 128 cm³/mol. The average Bonchev–Trinajstić information content (AvgIpc) is 2.77. The van der Waals surface area contributed by atoms with Crippen LogP contribution < -0.4 is 10.6 Å². The Kier molecular flexibility index (Phi) is 7.92. The van der Waals surface area contributed by atoms with Crippen molar-refractivity contribution in [1.29, 1.82) is 0 Å². The van der Waals surface area contributed by atoms with Crippen LogP contribution in [-0.2, 0) is 6.42 Å². The quantitative estimate of drug-likeness (QED) is 0.398. The molecule has 0 aromatic heterocycles. The Hall–Kier alpha value is -2.08. The standard InChI is InChI=1S/C16H14ClNOS2.C7H9N/c17-13-9-12(4-5-14(13)20)18-16(19)11-3-6-15-10(8-11)2-1-7-21-15;1-8-7-5-3-2-4-6-7/h3-6,8-9,20H,1-2,7H2,(H,18,19);2-6,8H,1H3. The maximum atomic E-state index is 12.3. The van der Waals surface area contributed by atoms with E-state index in [4.69, 9.17) is 11.6 Å². The largest absolute Gasteiger partial charge is 0.388 e. The smallest absolute Gasteiger partial charge is 0.255 e. The molecular weight excluding hydrogens is 420 g/mol. The van der Waals surface area contributed by atoms with Crippen molar-refractivity contribution >= 4 is 53.3 Å². The Bertz CT molecular complexity index is 980. The molecule has 0 saturated carbocycles. The number of benzene rings is 3. The number of hydrogen-bond acceptors (Lipinski definition) is 4. The minimum Gasteiger partial charge on any atom is -0.388 e. The van der Waals surface area contributed by atoms with Crippen LogP contribution in [0, 0.1) is 0 Å². The summed E-state index contributed by atoms with van der Waals surface area (Å²) in [5, 5.41) is 6.42. The molecule has 29 heavy (non-hydrogen) atoms. The Morgan fingerprint density at radius 1 is 1.03 bits per heavy atom. The van der Waals surface area contributed by atoms with Gasteiger partial charge in [0, 0.05) is 33.8 Å². The van der Waals surface area contributed by atoms with Gasteiger partial charge in [0.05, 0.1) is 5.02 Å². The van der Waals surface area contributed by atoms with E-state index in [0.717, 1.165) is 17.9 Å². The van der Waals surface area contributed by atoms with E-state index in [1.165, 1.54) is 16.9 Å². The minimum atomic E-state index is -0.114. The van der Waals surface area contributed by atoms with Gasteiger partial charge in [0.1, 0.15) is 0 Å². The third-order valence-corrected chi connectivity index (χ3v) is 6.48. The predicted octanol–water partition coefficient (Wildman–Crippen LogP) is 6.65. The molecule has 4 rings (SSSR count). The van der Waals surface area contributed by atoms with Crippen molar-refractivity contribution in [1.82, 2.24) is 0 Å². The number of hydrogen-bond donors (Lipinski definition) is 3. The zero-order valence-corrected chi connectivity index (χ0v) is 18.6. The number of aryl methyl sites for hydroxylation is 1. The Morgan fingerprint density at radius 2 is 1.83 bits per heavy atom. The highest BCUT2D eigenvalue weighted by Crippen LogP contribution is 2.31.